The van der Waals surface area contributed by atoms with Crippen molar-refractivity contribution >= 4 is 27.8 Å². The first-order valence-corrected chi connectivity index (χ1v) is 8.47. The Kier molecular flexibility index (Phi) is 4.88. The Balaban J connectivity index is 1.51. The van der Waals surface area contributed by atoms with Crippen molar-refractivity contribution in [2.24, 2.45) is 0 Å². The summed E-state index contributed by atoms with van der Waals surface area (Å²) >= 11 is 1.60. The first-order valence-electron chi connectivity index (χ1n) is 7.66. The summed E-state index contributed by atoms with van der Waals surface area (Å²) in [5.74, 6) is 0. The van der Waals surface area contributed by atoms with Crippen LogP contribution in [0.1, 0.15) is 16.1 Å². The van der Waals surface area contributed by atoms with Crippen LogP contribution in [0.15, 0.2) is 48.5 Å². The molecule has 2 N–H and O–H groups in total. The van der Waals surface area contributed by atoms with Gasteiger partial charge in [-0.2, -0.15) is 0 Å². The maximum atomic E-state index is 4.24. The highest BCUT2D eigenvalue weighted by Gasteiger charge is 2.04. The normalized spacial score (nSPS) is 10.5. The predicted molar refractivity (Wildman–Crippen MR) is 97.7 cm³/mol. The van der Waals surface area contributed by atoms with Gasteiger partial charge in [0, 0.05) is 24.3 Å². The van der Waals surface area contributed by atoms with Crippen molar-refractivity contribution < 1.29 is 0 Å². The lowest BCUT2D eigenvalue weighted by Crippen LogP contribution is -2.04. The van der Waals surface area contributed by atoms with Crippen LogP contribution >= 0.6 is 11.3 Å². The molecule has 0 radical (unpaired) electrons. The summed E-state index contributed by atoms with van der Waals surface area (Å²) in [7, 11) is 0. The van der Waals surface area contributed by atoms with E-state index in [0.29, 0.717) is 0 Å². The van der Waals surface area contributed by atoms with Crippen LogP contribution in [-0.2, 0) is 6.42 Å². The van der Waals surface area contributed by atoms with E-state index < -0.39 is 0 Å². The molecule has 0 aliphatic rings. The maximum Gasteiger partial charge on any atom is 0.210 e. The highest BCUT2D eigenvalue weighted by Crippen LogP contribution is 2.21. The summed E-state index contributed by atoms with van der Waals surface area (Å²) in [6.45, 7) is 5.02. The van der Waals surface area contributed by atoms with Crippen LogP contribution in [0.5, 0.6) is 0 Å². The molecular formula is C18H20N4S. The fraction of sp³-hybridized carbons (Fsp3) is 0.222. The number of benzene rings is 2. The molecule has 4 nitrogen and oxygen atoms in total. The summed E-state index contributed by atoms with van der Waals surface area (Å²) < 4.78 is 0. The first-order chi connectivity index (χ1) is 11.2. The van der Waals surface area contributed by atoms with Crippen molar-refractivity contribution in [2.45, 2.75) is 20.3 Å². The average molecular weight is 324 g/mol. The van der Waals surface area contributed by atoms with E-state index in [1.54, 1.807) is 11.3 Å². The summed E-state index contributed by atoms with van der Waals surface area (Å²) in [5.41, 5.74) is 4.69. The molecule has 23 heavy (non-hydrogen) atoms. The van der Waals surface area contributed by atoms with Gasteiger partial charge < -0.3 is 10.6 Å². The number of aromatic nitrogens is 2. The molecule has 2 aromatic carbocycles. The zero-order valence-corrected chi connectivity index (χ0v) is 14.2. The fourth-order valence-corrected chi connectivity index (χ4v) is 2.91. The number of aryl methyl sites for hydroxylation is 2. The van der Waals surface area contributed by atoms with Crippen LogP contribution in [0.4, 0.5) is 16.5 Å². The molecule has 1 aromatic heterocycles. The van der Waals surface area contributed by atoms with Crippen molar-refractivity contribution in [2.75, 3.05) is 17.2 Å². The molecule has 0 saturated heterocycles. The molecule has 0 atom stereocenters. The first kappa shape index (κ1) is 15.5. The van der Waals surface area contributed by atoms with Gasteiger partial charge in [0.25, 0.3) is 0 Å². The average Bonchev–Trinajstić information content (AvgIpc) is 2.99. The summed E-state index contributed by atoms with van der Waals surface area (Å²) in [5, 5.41) is 17.0. The van der Waals surface area contributed by atoms with Crippen molar-refractivity contribution in [3.63, 3.8) is 0 Å². The molecule has 3 rings (SSSR count). The van der Waals surface area contributed by atoms with Gasteiger partial charge in [-0.25, -0.2) is 0 Å². The fourth-order valence-electron chi connectivity index (χ4n) is 2.15. The number of nitrogens with one attached hydrogen (secondary N) is 2. The molecular weight excluding hydrogens is 304 g/mol. The van der Waals surface area contributed by atoms with Crippen LogP contribution in [0.3, 0.4) is 0 Å². The van der Waals surface area contributed by atoms with Crippen molar-refractivity contribution in [3.8, 4) is 0 Å². The third-order valence-electron chi connectivity index (χ3n) is 3.49. The maximum absolute atomic E-state index is 4.24. The van der Waals surface area contributed by atoms with E-state index in [-0.39, 0.29) is 0 Å². The number of anilines is 3. The van der Waals surface area contributed by atoms with Crippen LogP contribution in [0, 0.1) is 13.8 Å². The van der Waals surface area contributed by atoms with Crippen LogP contribution in [0.25, 0.3) is 0 Å². The minimum Gasteiger partial charge on any atom is -0.385 e. The van der Waals surface area contributed by atoms with E-state index in [2.05, 4.69) is 83.2 Å². The number of nitrogens with zero attached hydrogens (tertiary/aromatic N) is 2. The van der Waals surface area contributed by atoms with E-state index in [1.165, 1.54) is 11.1 Å². The Morgan fingerprint density at radius 3 is 2.09 bits per heavy atom. The van der Waals surface area contributed by atoms with Gasteiger partial charge >= 0.3 is 0 Å². The molecule has 0 spiro atoms. The van der Waals surface area contributed by atoms with E-state index in [0.717, 1.165) is 34.5 Å². The molecule has 0 unspecified atom stereocenters. The third kappa shape index (κ3) is 4.53. The minimum absolute atomic E-state index is 0.833. The molecule has 0 amide bonds. The molecule has 0 fully saturated rings. The smallest absolute Gasteiger partial charge is 0.210 e. The second-order valence-electron chi connectivity index (χ2n) is 5.53. The van der Waals surface area contributed by atoms with Crippen LogP contribution in [0.2, 0.25) is 0 Å². The van der Waals surface area contributed by atoms with Crippen LogP contribution < -0.4 is 10.6 Å². The lowest BCUT2D eigenvalue weighted by Gasteiger charge is -2.04. The lowest BCUT2D eigenvalue weighted by molar-refractivity contribution is 0.942. The van der Waals surface area contributed by atoms with E-state index in [1.807, 2.05) is 0 Å². The number of hydrogen-bond donors (Lipinski definition) is 2. The van der Waals surface area contributed by atoms with Gasteiger partial charge in [-0.15, -0.1) is 10.2 Å². The molecule has 0 bridgehead atoms. The molecule has 1 heterocycles. The Labute approximate surface area is 140 Å². The summed E-state index contributed by atoms with van der Waals surface area (Å²) in [4.78, 5) is 0. The summed E-state index contributed by atoms with van der Waals surface area (Å²) in [6.07, 6.45) is 0.862. The Morgan fingerprint density at radius 2 is 1.43 bits per heavy atom. The van der Waals surface area contributed by atoms with Crippen molar-refractivity contribution in [1.82, 2.24) is 10.2 Å². The molecule has 118 valence electrons. The van der Waals surface area contributed by atoms with Gasteiger partial charge in [-0.05, 0) is 38.1 Å². The van der Waals surface area contributed by atoms with Gasteiger partial charge in [-0.1, -0.05) is 46.7 Å². The SMILES string of the molecule is Cc1ccc(NCCc2nnc(Nc3ccc(C)cc3)s2)cc1. The predicted octanol–water partition coefficient (Wildman–Crippen LogP) is 4.55. The second-order valence-corrected chi connectivity index (χ2v) is 6.60. The molecule has 3 aromatic rings. The van der Waals surface area contributed by atoms with Gasteiger partial charge in [-0.3, -0.25) is 0 Å². The molecule has 0 saturated carbocycles. The Hall–Kier alpha value is -2.40. The van der Waals surface area contributed by atoms with Gasteiger partial charge in [0.1, 0.15) is 5.01 Å². The monoisotopic (exact) mass is 324 g/mol. The van der Waals surface area contributed by atoms with Gasteiger partial charge in [0.2, 0.25) is 5.13 Å². The minimum atomic E-state index is 0.833. The Bertz CT molecular complexity index is 747. The standard InChI is InChI=1S/C18H20N4S/c1-13-3-7-15(8-4-13)19-12-11-17-21-22-18(23-17)20-16-9-5-14(2)6-10-16/h3-10,19H,11-12H2,1-2H3,(H,20,22). The van der Waals surface area contributed by atoms with Gasteiger partial charge in [0.15, 0.2) is 0 Å². The summed E-state index contributed by atoms with van der Waals surface area (Å²) in [6, 6.07) is 16.7. The number of rotatable bonds is 6. The Morgan fingerprint density at radius 1 is 0.826 bits per heavy atom. The van der Waals surface area contributed by atoms with Crippen molar-refractivity contribution in [1.29, 1.82) is 0 Å². The largest absolute Gasteiger partial charge is 0.385 e. The quantitative estimate of drug-likeness (QED) is 0.698. The zero-order valence-electron chi connectivity index (χ0n) is 13.3. The second kappa shape index (κ2) is 7.24. The van der Waals surface area contributed by atoms with E-state index >= 15 is 0 Å². The van der Waals surface area contributed by atoms with Gasteiger partial charge in [0.05, 0.1) is 0 Å². The highest BCUT2D eigenvalue weighted by atomic mass is 32.1. The molecule has 5 heteroatoms. The van der Waals surface area contributed by atoms with Crippen LogP contribution in [-0.4, -0.2) is 16.7 Å². The highest BCUT2D eigenvalue weighted by molar-refractivity contribution is 7.15. The van der Waals surface area contributed by atoms with Crippen molar-refractivity contribution in [3.05, 3.63) is 64.7 Å². The van der Waals surface area contributed by atoms with E-state index in [4.69, 9.17) is 0 Å². The third-order valence-corrected chi connectivity index (χ3v) is 4.39. The molecule has 0 aliphatic heterocycles. The lowest BCUT2D eigenvalue weighted by atomic mass is 10.2. The topological polar surface area (TPSA) is 49.8 Å². The molecule has 0 aliphatic carbocycles. The number of hydrogen-bond acceptors (Lipinski definition) is 5. The van der Waals surface area contributed by atoms with E-state index in [9.17, 15) is 0 Å². The zero-order chi connectivity index (χ0) is 16.1.